The molecule has 0 bridgehead atoms. The Morgan fingerprint density at radius 2 is 1.62 bits per heavy atom. The van der Waals surface area contributed by atoms with Crippen molar-refractivity contribution in [3.05, 3.63) is 38.4 Å². The summed E-state index contributed by atoms with van der Waals surface area (Å²) < 4.78 is 24.0. The van der Waals surface area contributed by atoms with Crippen LogP contribution < -0.4 is 5.73 Å². The molecule has 0 saturated heterocycles. The minimum Gasteiger partial charge on any atom is -0.368 e. The molecular formula is C11H8N8O6S. The van der Waals surface area contributed by atoms with Crippen LogP contribution in [0, 0.1) is 20.2 Å². The molecule has 0 aliphatic heterocycles. The summed E-state index contributed by atoms with van der Waals surface area (Å²) in [4.78, 5) is 31.6. The van der Waals surface area contributed by atoms with Gasteiger partial charge in [0, 0.05) is 24.0 Å². The van der Waals surface area contributed by atoms with Crippen molar-refractivity contribution >= 4 is 32.9 Å². The van der Waals surface area contributed by atoms with Gasteiger partial charge in [-0.25, -0.2) is 8.42 Å². The molecule has 14 nitrogen and oxygen atoms in total. The number of nitrogens with two attached hydrogens (primary N) is 1. The summed E-state index contributed by atoms with van der Waals surface area (Å²) >= 11 is 0. The van der Waals surface area contributed by atoms with Crippen molar-refractivity contribution in [3.63, 3.8) is 0 Å². The molecule has 2 aromatic heterocycles. The van der Waals surface area contributed by atoms with Gasteiger partial charge in [0.2, 0.25) is 15.8 Å². The monoisotopic (exact) mass is 380 g/mol. The fraction of sp³-hybridized carbons (Fsp3) is 0.0909. The summed E-state index contributed by atoms with van der Waals surface area (Å²) in [7, 11) is -3.77. The number of sulfone groups is 1. The molecule has 3 aromatic rings. The summed E-state index contributed by atoms with van der Waals surface area (Å²) in [5.41, 5.74) is 4.51. The standard InChI is InChI=1S/C11H8N8O6S/c1-26(24,25)11-14-9(12)17-10(15-11)13-8(16-17)5-2-6(18(20)21)4-7(3-5)19(22)23/h2-4H,1H3,(H2,12,13,14,15,16). The Morgan fingerprint density at radius 1 is 1.04 bits per heavy atom. The quantitative estimate of drug-likeness (QED) is 0.470. The number of nitro groups is 2. The van der Waals surface area contributed by atoms with Crippen LogP contribution in [0.2, 0.25) is 0 Å². The lowest BCUT2D eigenvalue weighted by atomic mass is 10.1. The molecule has 26 heavy (non-hydrogen) atoms. The van der Waals surface area contributed by atoms with Crippen LogP contribution in [0.25, 0.3) is 17.2 Å². The maximum Gasteiger partial charge on any atom is 0.277 e. The number of nitrogen functional groups attached to an aromatic ring is 1. The molecule has 0 amide bonds. The zero-order valence-electron chi connectivity index (χ0n) is 12.8. The highest BCUT2D eigenvalue weighted by Gasteiger charge is 2.21. The van der Waals surface area contributed by atoms with Crippen molar-refractivity contribution < 1.29 is 18.3 Å². The van der Waals surface area contributed by atoms with E-state index in [0.717, 1.165) is 29.0 Å². The van der Waals surface area contributed by atoms with Crippen molar-refractivity contribution in [3.8, 4) is 11.4 Å². The second-order valence-corrected chi connectivity index (χ2v) is 6.95. The van der Waals surface area contributed by atoms with Gasteiger partial charge in [-0.3, -0.25) is 20.2 Å². The average molecular weight is 380 g/mol. The number of nitro benzene ring substituents is 2. The molecule has 0 atom stereocenters. The van der Waals surface area contributed by atoms with E-state index in [4.69, 9.17) is 5.73 Å². The van der Waals surface area contributed by atoms with Gasteiger partial charge in [0.25, 0.3) is 22.3 Å². The zero-order chi connectivity index (χ0) is 19.2. The number of fused-ring (bicyclic) bond motifs is 1. The number of benzene rings is 1. The van der Waals surface area contributed by atoms with Crippen LogP contribution in [-0.2, 0) is 9.84 Å². The molecule has 1 aromatic carbocycles. The Balaban J connectivity index is 2.24. The van der Waals surface area contributed by atoms with Gasteiger partial charge in [-0.05, 0) is 0 Å². The van der Waals surface area contributed by atoms with Crippen molar-refractivity contribution in [1.82, 2.24) is 24.6 Å². The van der Waals surface area contributed by atoms with E-state index in [-0.39, 0.29) is 23.1 Å². The lowest BCUT2D eigenvalue weighted by Crippen LogP contribution is -2.11. The van der Waals surface area contributed by atoms with Crippen LogP contribution in [0.1, 0.15) is 0 Å². The smallest absolute Gasteiger partial charge is 0.277 e. The van der Waals surface area contributed by atoms with E-state index in [0.29, 0.717) is 0 Å². The lowest BCUT2D eigenvalue weighted by molar-refractivity contribution is -0.394. The van der Waals surface area contributed by atoms with E-state index < -0.39 is 36.2 Å². The summed E-state index contributed by atoms with van der Waals surface area (Å²) in [5, 5.41) is 25.3. The fourth-order valence-electron chi connectivity index (χ4n) is 2.01. The highest BCUT2D eigenvalue weighted by atomic mass is 32.2. The van der Waals surface area contributed by atoms with Crippen LogP contribution >= 0.6 is 0 Å². The zero-order valence-corrected chi connectivity index (χ0v) is 13.6. The Labute approximate surface area is 143 Å². The van der Waals surface area contributed by atoms with Crippen LogP contribution in [0.15, 0.2) is 23.4 Å². The van der Waals surface area contributed by atoms with Gasteiger partial charge in [0.05, 0.1) is 15.9 Å². The third-order valence-corrected chi connectivity index (χ3v) is 3.97. The van der Waals surface area contributed by atoms with E-state index in [1.807, 2.05) is 0 Å². The average Bonchev–Trinajstić information content (AvgIpc) is 2.98. The number of hydrogen-bond donors (Lipinski definition) is 1. The van der Waals surface area contributed by atoms with Crippen LogP contribution in [-0.4, -0.2) is 49.1 Å². The number of non-ortho nitro benzene ring substituents is 2. The molecule has 0 saturated carbocycles. The highest BCUT2D eigenvalue weighted by molar-refractivity contribution is 7.90. The number of hydrogen-bond acceptors (Lipinski definition) is 11. The molecular weight excluding hydrogens is 372 g/mol. The summed E-state index contributed by atoms with van der Waals surface area (Å²) in [6.45, 7) is 0. The predicted molar refractivity (Wildman–Crippen MR) is 84.8 cm³/mol. The first kappa shape index (κ1) is 17.1. The highest BCUT2D eigenvalue weighted by Crippen LogP contribution is 2.28. The summed E-state index contributed by atoms with van der Waals surface area (Å²) in [6.07, 6.45) is 0.874. The SMILES string of the molecule is CS(=O)(=O)c1nc(N)n2nc(-c3cc([N+](=O)[O-])cc([N+](=O)[O-])c3)nc2n1. The van der Waals surface area contributed by atoms with Gasteiger partial charge in [-0.15, -0.1) is 5.10 Å². The molecule has 134 valence electrons. The molecule has 0 aliphatic carbocycles. The molecule has 0 fully saturated rings. The maximum absolute atomic E-state index is 11.6. The fourth-order valence-corrected chi connectivity index (χ4v) is 2.52. The minimum absolute atomic E-state index is 0.0447. The van der Waals surface area contributed by atoms with E-state index in [9.17, 15) is 28.6 Å². The second kappa shape index (κ2) is 5.66. The summed E-state index contributed by atoms with van der Waals surface area (Å²) in [5.74, 6) is -0.750. The Kier molecular flexibility index (Phi) is 3.72. The first-order chi connectivity index (χ1) is 12.1. The number of nitrogens with zero attached hydrogens (tertiary/aromatic N) is 7. The van der Waals surface area contributed by atoms with Gasteiger partial charge in [-0.1, -0.05) is 0 Å². The first-order valence-electron chi connectivity index (χ1n) is 6.61. The third-order valence-electron chi connectivity index (χ3n) is 3.13. The van der Waals surface area contributed by atoms with Gasteiger partial charge in [-0.2, -0.15) is 19.5 Å². The Morgan fingerprint density at radius 3 is 2.12 bits per heavy atom. The van der Waals surface area contributed by atoms with Crippen molar-refractivity contribution in [2.24, 2.45) is 0 Å². The predicted octanol–water partition coefficient (Wildman–Crippen LogP) is -0.0116. The maximum atomic E-state index is 11.6. The van der Waals surface area contributed by atoms with Gasteiger partial charge < -0.3 is 5.73 Å². The number of rotatable bonds is 4. The Hall–Kier alpha value is -3.75. The Bertz CT molecular complexity index is 1150. The van der Waals surface area contributed by atoms with Crippen molar-refractivity contribution in [2.75, 3.05) is 12.0 Å². The van der Waals surface area contributed by atoms with Gasteiger partial charge in [0.1, 0.15) is 0 Å². The molecule has 3 rings (SSSR count). The molecule has 0 spiro atoms. The lowest BCUT2D eigenvalue weighted by Gasteiger charge is -1.99. The first-order valence-corrected chi connectivity index (χ1v) is 8.50. The van der Waals surface area contributed by atoms with Gasteiger partial charge in [0.15, 0.2) is 5.82 Å². The van der Waals surface area contributed by atoms with Crippen LogP contribution in [0.3, 0.4) is 0 Å². The second-order valence-electron chi connectivity index (χ2n) is 5.04. The van der Waals surface area contributed by atoms with E-state index in [2.05, 4.69) is 20.1 Å². The van der Waals surface area contributed by atoms with E-state index in [1.54, 1.807) is 0 Å². The van der Waals surface area contributed by atoms with Gasteiger partial charge >= 0.3 is 0 Å². The molecule has 0 unspecified atom stereocenters. The molecule has 2 N–H and O–H groups in total. The topological polar surface area (TPSA) is 202 Å². The van der Waals surface area contributed by atoms with Crippen molar-refractivity contribution in [1.29, 1.82) is 0 Å². The number of anilines is 1. The third kappa shape index (κ3) is 2.97. The normalized spacial score (nSPS) is 11.6. The molecule has 2 heterocycles. The van der Waals surface area contributed by atoms with Crippen LogP contribution in [0.5, 0.6) is 0 Å². The van der Waals surface area contributed by atoms with Crippen LogP contribution in [0.4, 0.5) is 17.3 Å². The number of aromatic nitrogens is 5. The largest absolute Gasteiger partial charge is 0.368 e. The molecule has 0 radical (unpaired) electrons. The summed E-state index contributed by atoms with van der Waals surface area (Å²) in [6, 6.07) is 2.85. The van der Waals surface area contributed by atoms with E-state index in [1.165, 1.54) is 0 Å². The molecule has 0 aliphatic rings. The molecule has 15 heteroatoms. The van der Waals surface area contributed by atoms with Crippen molar-refractivity contribution in [2.45, 2.75) is 5.16 Å². The minimum atomic E-state index is -3.77. The van der Waals surface area contributed by atoms with E-state index >= 15 is 0 Å².